The van der Waals surface area contributed by atoms with Crippen LogP contribution in [0, 0.1) is 11.8 Å². The molecule has 0 aromatic carbocycles. The highest BCUT2D eigenvalue weighted by atomic mass is 16.2. The normalized spacial score (nSPS) is 10.5. The molecule has 2 N–H and O–H groups in total. The molecule has 0 radical (unpaired) electrons. The molecule has 0 saturated carbocycles. The van der Waals surface area contributed by atoms with E-state index < -0.39 is 0 Å². The van der Waals surface area contributed by atoms with Crippen molar-refractivity contribution in [2.24, 2.45) is 11.8 Å². The average molecular weight is 214 g/mol. The lowest BCUT2D eigenvalue weighted by molar-refractivity contribution is -0.129. The summed E-state index contributed by atoms with van der Waals surface area (Å²) in [6.45, 7) is 9.29. The molecule has 15 heavy (non-hydrogen) atoms. The van der Waals surface area contributed by atoms with Gasteiger partial charge in [0.05, 0.1) is 0 Å². The first kappa shape index (κ1) is 13.9. The molecule has 88 valence electrons. The molecule has 0 aliphatic carbocycles. The third-order valence-corrected chi connectivity index (χ3v) is 1.74. The molecular weight excluding hydrogens is 192 g/mol. The van der Waals surface area contributed by atoms with Crippen LogP contribution in [0.25, 0.3) is 0 Å². The Morgan fingerprint density at radius 3 is 1.47 bits per heavy atom. The van der Waals surface area contributed by atoms with Crippen molar-refractivity contribution in [2.75, 3.05) is 13.1 Å². The molecule has 0 aliphatic rings. The standard InChI is InChI=1S/C11H22N2O2/c1-8(2)6-12-10(14)5-11(15)13-7-9(3)4/h8-9H,5-7H2,1-4H3,(H,12,14)(H,13,15). The van der Waals surface area contributed by atoms with E-state index in [4.69, 9.17) is 0 Å². The van der Waals surface area contributed by atoms with Crippen LogP contribution in [0.4, 0.5) is 0 Å². The summed E-state index contributed by atoms with van der Waals surface area (Å²) in [4.78, 5) is 22.5. The fraction of sp³-hybridized carbons (Fsp3) is 0.818. The van der Waals surface area contributed by atoms with Crippen molar-refractivity contribution in [3.8, 4) is 0 Å². The maximum Gasteiger partial charge on any atom is 0.229 e. The summed E-state index contributed by atoms with van der Waals surface area (Å²) in [5.41, 5.74) is 0. The second-order valence-corrected chi connectivity index (χ2v) is 4.57. The van der Waals surface area contributed by atoms with Crippen LogP contribution < -0.4 is 10.6 Å². The fourth-order valence-electron chi connectivity index (χ4n) is 0.907. The van der Waals surface area contributed by atoms with Gasteiger partial charge in [-0.3, -0.25) is 9.59 Å². The zero-order valence-corrected chi connectivity index (χ0v) is 10.1. The molecule has 4 heteroatoms. The van der Waals surface area contributed by atoms with Crippen LogP contribution in [-0.2, 0) is 9.59 Å². The lowest BCUT2D eigenvalue weighted by Crippen LogP contribution is -2.34. The topological polar surface area (TPSA) is 58.2 Å². The van der Waals surface area contributed by atoms with Gasteiger partial charge in [-0.05, 0) is 11.8 Å². The van der Waals surface area contributed by atoms with E-state index in [0.717, 1.165) is 0 Å². The smallest absolute Gasteiger partial charge is 0.229 e. The lowest BCUT2D eigenvalue weighted by Gasteiger charge is -2.09. The fourth-order valence-corrected chi connectivity index (χ4v) is 0.907. The Bertz CT molecular complexity index is 191. The van der Waals surface area contributed by atoms with Gasteiger partial charge < -0.3 is 10.6 Å². The summed E-state index contributed by atoms with van der Waals surface area (Å²) in [5, 5.41) is 5.40. The molecule has 4 nitrogen and oxygen atoms in total. The molecule has 0 fully saturated rings. The number of rotatable bonds is 6. The highest BCUT2D eigenvalue weighted by Gasteiger charge is 2.09. The number of nitrogens with one attached hydrogen (secondary N) is 2. The van der Waals surface area contributed by atoms with Gasteiger partial charge in [0.25, 0.3) is 0 Å². The predicted molar refractivity (Wildman–Crippen MR) is 60.3 cm³/mol. The Morgan fingerprint density at radius 2 is 1.20 bits per heavy atom. The summed E-state index contributed by atoms with van der Waals surface area (Å²) in [5.74, 6) is 0.412. The molecule has 0 aliphatic heterocycles. The number of hydrogen-bond acceptors (Lipinski definition) is 2. The zero-order valence-electron chi connectivity index (χ0n) is 10.1. The van der Waals surface area contributed by atoms with Gasteiger partial charge in [-0.25, -0.2) is 0 Å². The van der Waals surface area contributed by atoms with Crippen molar-refractivity contribution in [1.82, 2.24) is 10.6 Å². The molecule has 0 aromatic heterocycles. The van der Waals surface area contributed by atoms with Crippen LogP contribution in [0.5, 0.6) is 0 Å². The van der Waals surface area contributed by atoms with Gasteiger partial charge in [-0.1, -0.05) is 27.7 Å². The van der Waals surface area contributed by atoms with Crippen molar-refractivity contribution in [3.63, 3.8) is 0 Å². The van der Waals surface area contributed by atoms with Gasteiger partial charge >= 0.3 is 0 Å². The van der Waals surface area contributed by atoms with Crippen molar-refractivity contribution >= 4 is 11.8 Å². The highest BCUT2D eigenvalue weighted by Crippen LogP contribution is 1.90. The SMILES string of the molecule is CC(C)CNC(=O)CC(=O)NCC(C)C. The molecule has 0 saturated heterocycles. The molecule has 0 rings (SSSR count). The first-order valence-electron chi connectivity index (χ1n) is 5.45. The van der Waals surface area contributed by atoms with Gasteiger partial charge in [0.2, 0.25) is 11.8 Å². The summed E-state index contributed by atoms with van der Waals surface area (Å²) < 4.78 is 0. The minimum absolute atomic E-state index is 0.0700. The Balaban J connectivity index is 3.63. The van der Waals surface area contributed by atoms with Gasteiger partial charge in [0, 0.05) is 13.1 Å². The van der Waals surface area contributed by atoms with E-state index in [1.807, 2.05) is 27.7 Å². The Labute approximate surface area is 91.8 Å². The predicted octanol–water partition coefficient (Wildman–Crippen LogP) is 0.921. The van der Waals surface area contributed by atoms with Crippen molar-refractivity contribution in [3.05, 3.63) is 0 Å². The minimum Gasteiger partial charge on any atom is -0.355 e. The molecule has 0 bridgehead atoms. The Kier molecular flexibility index (Phi) is 6.75. The number of carbonyl (C=O) groups excluding carboxylic acids is 2. The lowest BCUT2D eigenvalue weighted by atomic mass is 10.2. The minimum atomic E-state index is -0.204. The zero-order chi connectivity index (χ0) is 11.8. The van der Waals surface area contributed by atoms with Crippen molar-refractivity contribution in [1.29, 1.82) is 0 Å². The quantitative estimate of drug-likeness (QED) is 0.646. The number of carbonyl (C=O) groups is 2. The summed E-state index contributed by atoms with van der Waals surface area (Å²) in [6.07, 6.45) is -0.0700. The summed E-state index contributed by atoms with van der Waals surface area (Å²) >= 11 is 0. The highest BCUT2D eigenvalue weighted by molar-refractivity contribution is 5.96. The van der Waals surface area contributed by atoms with Crippen LogP contribution in [0.15, 0.2) is 0 Å². The van der Waals surface area contributed by atoms with E-state index >= 15 is 0 Å². The monoisotopic (exact) mass is 214 g/mol. The summed E-state index contributed by atoms with van der Waals surface area (Å²) in [6, 6.07) is 0. The van der Waals surface area contributed by atoms with Crippen LogP contribution in [0.2, 0.25) is 0 Å². The first-order chi connectivity index (χ1) is 6.91. The van der Waals surface area contributed by atoms with Gasteiger partial charge in [-0.2, -0.15) is 0 Å². The molecular formula is C11H22N2O2. The second kappa shape index (κ2) is 7.26. The van der Waals surface area contributed by atoms with E-state index in [0.29, 0.717) is 24.9 Å². The number of hydrogen-bond donors (Lipinski definition) is 2. The van der Waals surface area contributed by atoms with E-state index in [9.17, 15) is 9.59 Å². The van der Waals surface area contributed by atoms with Crippen LogP contribution in [-0.4, -0.2) is 24.9 Å². The Hall–Kier alpha value is -1.06. The molecule has 0 heterocycles. The van der Waals surface area contributed by atoms with Crippen LogP contribution in [0.1, 0.15) is 34.1 Å². The first-order valence-corrected chi connectivity index (χ1v) is 5.45. The molecule has 0 unspecified atom stereocenters. The largest absolute Gasteiger partial charge is 0.355 e. The third-order valence-electron chi connectivity index (χ3n) is 1.74. The van der Waals surface area contributed by atoms with Crippen molar-refractivity contribution < 1.29 is 9.59 Å². The van der Waals surface area contributed by atoms with Crippen molar-refractivity contribution in [2.45, 2.75) is 34.1 Å². The second-order valence-electron chi connectivity index (χ2n) is 4.57. The summed E-state index contributed by atoms with van der Waals surface area (Å²) in [7, 11) is 0. The Morgan fingerprint density at radius 1 is 0.867 bits per heavy atom. The van der Waals surface area contributed by atoms with Gasteiger partial charge in [-0.15, -0.1) is 0 Å². The molecule has 0 spiro atoms. The molecule has 2 amide bonds. The number of amides is 2. The van der Waals surface area contributed by atoms with Gasteiger partial charge in [0.15, 0.2) is 0 Å². The van der Waals surface area contributed by atoms with E-state index in [1.165, 1.54) is 0 Å². The van der Waals surface area contributed by atoms with E-state index in [-0.39, 0.29) is 18.2 Å². The van der Waals surface area contributed by atoms with E-state index in [1.54, 1.807) is 0 Å². The molecule has 0 aromatic rings. The van der Waals surface area contributed by atoms with Gasteiger partial charge in [0.1, 0.15) is 6.42 Å². The third kappa shape index (κ3) is 9.25. The molecule has 0 atom stereocenters. The maximum absolute atomic E-state index is 11.2. The average Bonchev–Trinajstić information content (AvgIpc) is 2.11. The van der Waals surface area contributed by atoms with Crippen LogP contribution in [0.3, 0.4) is 0 Å². The van der Waals surface area contributed by atoms with Crippen LogP contribution >= 0.6 is 0 Å². The van der Waals surface area contributed by atoms with E-state index in [2.05, 4.69) is 10.6 Å². The maximum atomic E-state index is 11.2.